The number of amides is 1. The summed E-state index contributed by atoms with van der Waals surface area (Å²) in [5, 5.41) is 18.6. The highest BCUT2D eigenvalue weighted by atomic mass is 35.5. The first-order valence-corrected chi connectivity index (χ1v) is 10.9. The van der Waals surface area contributed by atoms with E-state index in [9.17, 15) is 23.1 Å². The molecule has 3 heterocycles. The van der Waals surface area contributed by atoms with Crippen LogP contribution in [-0.2, 0) is 12.7 Å². The molecule has 15 heteroatoms. The Morgan fingerprint density at radius 1 is 1.26 bits per heavy atom. The number of hydrogen-bond acceptors (Lipinski definition) is 10. The molecule has 182 valence electrons. The molecular weight excluding hydrogens is 497 g/mol. The number of carbonyl (C=O) groups excluding carboxylic acids is 1. The van der Waals surface area contributed by atoms with Gasteiger partial charge < -0.3 is 21.5 Å². The minimum Gasteiger partial charge on any atom is -0.383 e. The zero-order chi connectivity index (χ0) is 25.0. The number of alkyl halides is 3. The van der Waals surface area contributed by atoms with Gasteiger partial charge in [-0.05, 0) is 20.0 Å². The smallest absolute Gasteiger partial charge is 0.383 e. The van der Waals surface area contributed by atoms with Crippen molar-refractivity contribution in [1.82, 2.24) is 30.6 Å². The third-order valence-electron chi connectivity index (χ3n) is 4.55. The van der Waals surface area contributed by atoms with Crippen molar-refractivity contribution in [2.45, 2.75) is 31.9 Å². The van der Waals surface area contributed by atoms with E-state index < -0.39 is 34.9 Å². The summed E-state index contributed by atoms with van der Waals surface area (Å²) in [6.07, 6.45) is -2.58. The lowest BCUT2D eigenvalue weighted by molar-refractivity contribution is -0.137. The van der Waals surface area contributed by atoms with Gasteiger partial charge in [-0.2, -0.15) is 13.2 Å². The van der Waals surface area contributed by atoms with Crippen LogP contribution in [0, 0.1) is 0 Å². The lowest BCUT2D eigenvalue weighted by Gasteiger charge is -2.19. The molecule has 0 aromatic carbocycles. The Morgan fingerprint density at radius 3 is 2.68 bits per heavy atom. The SMILES string of the molecule is CNCc1c(N)ncnc1[C@@H](O)NC(C)c1ncc(C(=O)Nc2cc(C(F)(F)F)c(Cl)cn2)s1. The Bertz CT molecular complexity index is 1180. The van der Waals surface area contributed by atoms with E-state index in [0.717, 1.165) is 17.5 Å². The van der Waals surface area contributed by atoms with E-state index in [1.807, 2.05) is 0 Å². The quantitative estimate of drug-likeness (QED) is 0.285. The highest BCUT2D eigenvalue weighted by molar-refractivity contribution is 7.13. The van der Waals surface area contributed by atoms with Crippen LogP contribution in [0.4, 0.5) is 24.8 Å². The monoisotopic (exact) mass is 516 g/mol. The summed E-state index contributed by atoms with van der Waals surface area (Å²) in [6, 6.07) is 0.143. The molecule has 10 nitrogen and oxygen atoms in total. The highest BCUT2D eigenvalue weighted by Gasteiger charge is 2.34. The van der Waals surface area contributed by atoms with Crippen molar-refractivity contribution < 1.29 is 23.1 Å². The molecule has 0 aliphatic heterocycles. The van der Waals surface area contributed by atoms with E-state index in [1.165, 1.54) is 12.5 Å². The number of rotatable bonds is 8. The number of hydrogen-bond donors (Lipinski definition) is 5. The molecule has 3 rings (SSSR count). The lowest BCUT2D eigenvalue weighted by Crippen LogP contribution is -2.27. The van der Waals surface area contributed by atoms with Gasteiger partial charge in [0.05, 0.1) is 28.5 Å². The molecule has 0 saturated carbocycles. The molecule has 6 N–H and O–H groups in total. The standard InChI is InChI=1S/C19H20ClF3N8O2S/c1-8(30-17(33)14-9(4-25-2)15(24)29-7-28-14)18-27-6-12(34-18)16(32)31-13-3-10(19(21,22)23)11(20)5-26-13/h3,5-8,17,25,30,33H,4H2,1-2H3,(H2,24,28,29)(H,26,31,32)/t8?,17-/m1/s1. The van der Waals surface area contributed by atoms with E-state index in [2.05, 4.69) is 35.9 Å². The minimum atomic E-state index is -4.69. The number of pyridine rings is 1. The fourth-order valence-electron chi connectivity index (χ4n) is 2.92. The Hall–Kier alpha value is -2.91. The van der Waals surface area contributed by atoms with Crippen LogP contribution < -0.4 is 21.7 Å². The first-order valence-electron chi connectivity index (χ1n) is 9.69. The van der Waals surface area contributed by atoms with Crippen LogP contribution in [0.5, 0.6) is 0 Å². The van der Waals surface area contributed by atoms with Crippen LogP contribution in [-0.4, -0.2) is 38.0 Å². The van der Waals surface area contributed by atoms with E-state index >= 15 is 0 Å². The zero-order valence-corrected chi connectivity index (χ0v) is 19.4. The molecule has 3 aromatic heterocycles. The summed E-state index contributed by atoms with van der Waals surface area (Å²) < 4.78 is 39.1. The third-order valence-corrected chi connectivity index (χ3v) is 6.03. The minimum absolute atomic E-state index is 0.130. The Kier molecular flexibility index (Phi) is 7.99. The fraction of sp³-hybridized carbons (Fsp3) is 0.316. The average molecular weight is 517 g/mol. The average Bonchev–Trinajstić information content (AvgIpc) is 3.26. The number of nitrogen functional groups attached to an aromatic ring is 1. The summed E-state index contributed by atoms with van der Waals surface area (Å²) in [5.74, 6) is -0.776. The molecule has 0 aliphatic carbocycles. The number of nitrogens with two attached hydrogens (primary N) is 1. The summed E-state index contributed by atoms with van der Waals surface area (Å²) in [6.45, 7) is 2.05. The van der Waals surface area contributed by atoms with Gasteiger partial charge in [-0.1, -0.05) is 11.6 Å². The van der Waals surface area contributed by atoms with Crippen molar-refractivity contribution in [2.75, 3.05) is 18.1 Å². The van der Waals surface area contributed by atoms with Crippen molar-refractivity contribution in [3.8, 4) is 0 Å². The number of nitrogens with zero attached hydrogens (tertiary/aromatic N) is 4. The van der Waals surface area contributed by atoms with Crippen molar-refractivity contribution in [2.24, 2.45) is 0 Å². The maximum Gasteiger partial charge on any atom is 0.418 e. The molecule has 0 fully saturated rings. The third kappa shape index (κ3) is 5.95. The second-order valence-corrected chi connectivity index (χ2v) is 8.48. The fourth-order valence-corrected chi connectivity index (χ4v) is 3.95. The van der Waals surface area contributed by atoms with Gasteiger partial charge in [-0.15, -0.1) is 11.3 Å². The van der Waals surface area contributed by atoms with Crippen molar-refractivity contribution in [3.63, 3.8) is 0 Å². The summed E-state index contributed by atoms with van der Waals surface area (Å²) in [7, 11) is 1.71. The first-order chi connectivity index (χ1) is 16.0. The van der Waals surface area contributed by atoms with E-state index in [-0.39, 0.29) is 22.2 Å². The zero-order valence-electron chi connectivity index (χ0n) is 17.8. The molecular formula is C19H20ClF3N8O2S. The van der Waals surface area contributed by atoms with E-state index in [1.54, 1.807) is 14.0 Å². The molecule has 0 aliphatic rings. The predicted molar refractivity (Wildman–Crippen MR) is 120 cm³/mol. The van der Waals surface area contributed by atoms with Crippen molar-refractivity contribution in [3.05, 3.63) is 56.5 Å². The van der Waals surface area contributed by atoms with Gasteiger partial charge in [0.15, 0.2) is 0 Å². The number of aliphatic hydroxyl groups is 1. The number of carbonyl (C=O) groups is 1. The molecule has 0 bridgehead atoms. The maximum absolute atomic E-state index is 13.0. The van der Waals surface area contributed by atoms with E-state index in [0.29, 0.717) is 23.2 Å². The van der Waals surface area contributed by atoms with Crippen LogP contribution in [0.2, 0.25) is 5.02 Å². The summed E-state index contributed by atoms with van der Waals surface area (Å²) in [5.41, 5.74) is 5.58. The van der Waals surface area contributed by atoms with Gasteiger partial charge in [-0.25, -0.2) is 19.9 Å². The van der Waals surface area contributed by atoms with Gasteiger partial charge in [0.25, 0.3) is 5.91 Å². The molecule has 0 radical (unpaired) electrons. The highest BCUT2D eigenvalue weighted by Crippen LogP contribution is 2.35. The number of aromatic nitrogens is 4. The van der Waals surface area contributed by atoms with Crippen molar-refractivity contribution >= 4 is 40.5 Å². The van der Waals surface area contributed by atoms with Gasteiger partial charge in [0.1, 0.15) is 34.1 Å². The van der Waals surface area contributed by atoms with Gasteiger partial charge in [0.2, 0.25) is 0 Å². The predicted octanol–water partition coefficient (Wildman–Crippen LogP) is 2.90. The summed E-state index contributed by atoms with van der Waals surface area (Å²) >= 11 is 6.54. The molecule has 0 spiro atoms. The Labute approximate surface area is 200 Å². The lowest BCUT2D eigenvalue weighted by atomic mass is 10.1. The molecule has 1 unspecified atom stereocenters. The van der Waals surface area contributed by atoms with E-state index in [4.69, 9.17) is 17.3 Å². The number of thiazole rings is 1. The number of nitrogens with one attached hydrogen (secondary N) is 3. The molecule has 0 saturated heterocycles. The summed E-state index contributed by atoms with van der Waals surface area (Å²) in [4.78, 5) is 28.5. The van der Waals surface area contributed by atoms with Crippen molar-refractivity contribution in [1.29, 1.82) is 0 Å². The number of aliphatic hydroxyl groups excluding tert-OH is 1. The molecule has 1 amide bonds. The Morgan fingerprint density at radius 2 is 2.00 bits per heavy atom. The largest absolute Gasteiger partial charge is 0.418 e. The van der Waals surface area contributed by atoms with Crippen LogP contribution in [0.25, 0.3) is 0 Å². The van der Waals surface area contributed by atoms with Gasteiger partial charge >= 0.3 is 6.18 Å². The second kappa shape index (κ2) is 10.6. The number of halogens is 4. The van der Waals surface area contributed by atoms with Gasteiger partial charge in [-0.3, -0.25) is 10.1 Å². The normalized spacial score (nSPS) is 13.5. The van der Waals surface area contributed by atoms with Gasteiger partial charge in [0, 0.05) is 18.3 Å². The Balaban J connectivity index is 1.70. The van der Waals surface area contributed by atoms with Crippen LogP contribution in [0.3, 0.4) is 0 Å². The molecule has 3 aromatic rings. The maximum atomic E-state index is 13.0. The molecule has 34 heavy (non-hydrogen) atoms. The van der Waals surface area contributed by atoms with Crippen LogP contribution in [0.15, 0.2) is 24.8 Å². The van der Waals surface area contributed by atoms with Crippen LogP contribution >= 0.6 is 22.9 Å². The topological polar surface area (TPSA) is 151 Å². The number of anilines is 2. The first kappa shape index (κ1) is 25.7. The van der Waals surface area contributed by atoms with Crippen LogP contribution in [0.1, 0.15) is 50.7 Å². The second-order valence-electron chi connectivity index (χ2n) is 7.01. The molecule has 2 atom stereocenters.